The van der Waals surface area contributed by atoms with Crippen molar-refractivity contribution in [2.24, 2.45) is 7.05 Å². The summed E-state index contributed by atoms with van der Waals surface area (Å²) in [7, 11) is 3.47. The Morgan fingerprint density at radius 1 is 1.41 bits per heavy atom. The first-order chi connectivity index (χ1) is 8.06. The molecular formula is C13H15FN2O. The molecule has 1 aromatic heterocycles. The second-order valence-electron chi connectivity index (χ2n) is 4.17. The minimum Gasteiger partial charge on any atom is -0.318 e. The molecule has 1 unspecified atom stereocenters. The molecule has 1 N–H and O–H groups in total. The van der Waals surface area contributed by atoms with Crippen molar-refractivity contribution in [1.82, 2.24) is 9.88 Å². The summed E-state index contributed by atoms with van der Waals surface area (Å²) in [5, 5.41) is 3.94. The first kappa shape index (κ1) is 11.8. The molecule has 4 heteroatoms. The second-order valence-corrected chi connectivity index (χ2v) is 4.17. The molecule has 3 nitrogen and oxygen atoms in total. The quantitative estimate of drug-likeness (QED) is 0.861. The summed E-state index contributed by atoms with van der Waals surface area (Å²) in [6.07, 6.45) is 1.76. The van der Waals surface area contributed by atoms with Gasteiger partial charge in [0.2, 0.25) is 0 Å². The third kappa shape index (κ3) is 1.85. The van der Waals surface area contributed by atoms with E-state index in [1.807, 2.05) is 14.0 Å². The molecule has 1 aromatic carbocycles. The average molecular weight is 234 g/mol. The molecule has 2 rings (SSSR count). The second kappa shape index (κ2) is 4.30. The topological polar surface area (TPSA) is 34.0 Å². The average Bonchev–Trinajstić information content (AvgIpc) is 2.32. The molecule has 0 bridgehead atoms. The van der Waals surface area contributed by atoms with Crippen LogP contribution in [-0.4, -0.2) is 11.6 Å². The summed E-state index contributed by atoms with van der Waals surface area (Å²) in [5.74, 6) is -0.465. The summed E-state index contributed by atoms with van der Waals surface area (Å²) < 4.78 is 15.2. The lowest BCUT2D eigenvalue weighted by molar-refractivity contribution is 0.630. The van der Waals surface area contributed by atoms with Gasteiger partial charge in [-0.15, -0.1) is 0 Å². The summed E-state index contributed by atoms with van der Waals surface area (Å²) in [6, 6.07) is 4.79. The molecule has 90 valence electrons. The van der Waals surface area contributed by atoms with Crippen LogP contribution < -0.4 is 10.9 Å². The Morgan fingerprint density at radius 3 is 2.76 bits per heavy atom. The third-order valence-corrected chi connectivity index (χ3v) is 3.09. The Kier molecular flexibility index (Phi) is 2.98. The summed E-state index contributed by atoms with van der Waals surface area (Å²) in [5.41, 5.74) is 0.620. The minimum absolute atomic E-state index is 0.0612. The van der Waals surface area contributed by atoms with Crippen LogP contribution in [0.5, 0.6) is 0 Å². The van der Waals surface area contributed by atoms with E-state index < -0.39 is 5.82 Å². The number of hydrogen-bond donors (Lipinski definition) is 1. The molecule has 0 radical (unpaired) electrons. The van der Waals surface area contributed by atoms with Crippen LogP contribution in [0.15, 0.2) is 29.2 Å². The van der Waals surface area contributed by atoms with E-state index in [0.29, 0.717) is 5.39 Å². The van der Waals surface area contributed by atoms with E-state index >= 15 is 0 Å². The zero-order valence-corrected chi connectivity index (χ0v) is 10.1. The molecule has 0 saturated heterocycles. The van der Waals surface area contributed by atoms with Crippen LogP contribution in [0, 0.1) is 5.82 Å². The van der Waals surface area contributed by atoms with Crippen molar-refractivity contribution in [2.45, 2.75) is 13.0 Å². The number of aromatic nitrogens is 1. The van der Waals surface area contributed by atoms with Gasteiger partial charge in [-0.1, -0.05) is 12.1 Å². The fourth-order valence-corrected chi connectivity index (χ4v) is 2.00. The van der Waals surface area contributed by atoms with E-state index in [4.69, 9.17) is 0 Å². The maximum absolute atomic E-state index is 13.7. The Bertz CT molecular complexity index is 619. The molecule has 0 spiro atoms. The molecule has 0 aliphatic heterocycles. The standard InChI is InChI=1S/C13H15FN2O/c1-8(15-2)10-7-16(3)13(17)12-9(10)5-4-6-11(12)14/h4-8,15H,1-3H3. The lowest BCUT2D eigenvalue weighted by atomic mass is 10.0. The Morgan fingerprint density at radius 2 is 2.12 bits per heavy atom. The van der Waals surface area contributed by atoms with Crippen molar-refractivity contribution >= 4 is 10.8 Å². The van der Waals surface area contributed by atoms with Gasteiger partial charge in [-0.25, -0.2) is 4.39 Å². The molecular weight excluding hydrogens is 219 g/mol. The van der Waals surface area contributed by atoms with Gasteiger partial charge in [0.05, 0.1) is 5.39 Å². The predicted octanol–water partition coefficient (Wildman–Crippen LogP) is 1.96. The highest BCUT2D eigenvalue weighted by Crippen LogP contribution is 2.23. The van der Waals surface area contributed by atoms with Gasteiger partial charge in [-0.2, -0.15) is 0 Å². The molecule has 17 heavy (non-hydrogen) atoms. The first-order valence-corrected chi connectivity index (χ1v) is 5.51. The van der Waals surface area contributed by atoms with E-state index in [-0.39, 0.29) is 17.0 Å². The van der Waals surface area contributed by atoms with Crippen molar-refractivity contribution in [3.05, 3.63) is 46.1 Å². The normalized spacial score (nSPS) is 12.9. The van der Waals surface area contributed by atoms with Gasteiger partial charge in [0.1, 0.15) is 5.82 Å². The number of halogens is 1. The number of pyridine rings is 1. The van der Waals surface area contributed by atoms with E-state index in [1.54, 1.807) is 25.4 Å². The van der Waals surface area contributed by atoms with E-state index in [9.17, 15) is 9.18 Å². The van der Waals surface area contributed by atoms with Crippen molar-refractivity contribution in [1.29, 1.82) is 0 Å². The maximum Gasteiger partial charge on any atom is 0.261 e. The highest BCUT2D eigenvalue weighted by atomic mass is 19.1. The molecule has 0 aliphatic rings. The minimum atomic E-state index is -0.465. The smallest absolute Gasteiger partial charge is 0.261 e. The van der Waals surface area contributed by atoms with Gasteiger partial charge in [0.25, 0.3) is 5.56 Å². The van der Waals surface area contributed by atoms with Crippen molar-refractivity contribution in [3.63, 3.8) is 0 Å². The van der Waals surface area contributed by atoms with Crippen LogP contribution in [0.4, 0.5) is 4.39 Å². The summed E-state index contributed by atoms with van der Waals surface area (Å²) in [4.78, 5) is 11.9. The van der Waals surface area contributed by atoms with Crippen LogP contribution >= 0.6 is 0 Å². The van der Waals surface area contributed by atoms with Gasteiger partial charge < -0.3 is 9.88 Å². The number of nitrogens with one attached hydrogen (secondary N) is 1. The number of aryl methyl sites for hydroxylation is 1. The summed E-state index contributed by atoms with van der Waals surface area (Å²) >= 11 is 0. The predicted molar refractivity (Wildman–Crippen MR) is 66.6 cm³/mol. The molecule has 1 heterocycles. The van der Waals surface area contributed by atoms with Crippen LogP contribution in [-0.2, 0) is 7.05 Å². The van der Waals surface area contributed by atoms with Gasteiger partial charge in [-0.05, 0) is 31.0 Å². The zero-order valence-electron chi connectivity index (χ0n) is 10.1. The van der Waals surface area contributed by atoms with Crippen molar-refractivity contribution in [3.8, 4) is 0 Å². The zero-order chi connectivity index (χ0) is 12.6. The third-order valence-electron chi connectivity index (χ3n) is 3.09. The van der Waals surface area contributed by atoms with Gasteiger partial charge in [0, 0.05) is 19.3 Å². The van der Waals surface area contributed by atoms with E-state index in [2.05, 4.69) is 5.32 Å². The van der Waals surface area contributed by atoms with Gasteiger partial charge in [0.15, 0.2) is 0 Å². The Balaban J connectivity index is 2.92. The highest BCUT2D eigenvalue weighted by molar-refractivity contribution is 5.85. The molecule has 0 saturated carbocycles. The molecule has 0 fully saturated rings. The Hall–Kier alpha value is -1.68. The van der Waals surface area contributed by atoms with Gasteiger partial charge >= 0.3 is 0 Å². The number of benzene rings is 1. The molecule has 2 aromatic rings. The lowest BCUT2D eigenvalue weighted by Gasteiger charge is -2.15. The van der Waals surface area contributed by atoms with E-state index in [1.165, 1.54) is 10.6 Å². The number of hydrogen-bond acceptors (Lipinski definition) is 2. The monoisotopic (exact) mass is 234 g/mol. The number of nitrogens with zero attached hydrogens (tertiary/aromatic N) is 1. The van der Waals surface area contributed by atoms with Crippen LogP contribution in [0.25, 0.3) is 10.8 Å². The first-order valence-electron chi connectivity index (χ1n) is 5.51. The van der Waals surface area contributed by atoms with Crippen molar-refractivity contribution in [2.75, 3.05) is 7.05 Å². The fourth-order valence-electron chi connectivity index (χ4n) is 2.00. The number of fused-ring (bicyclic) bond motifs is 1. The molecule has 1 atom stereocenters. The largest absolute Gasteiger partial charge is 0.318 e. The summed E-state index contributed by atoms with van der Waals surface area (Å²) in [6.45, 7) is 1.98. The van der Waals surface area contributed by atoms with E-state index in [0.717, 1.165) is 5.56 Å². The van der Waals surface area contributed by atoms with Crippen LogP contribution in [0.1, 0.15) is 18.5 Å². The Labute approximate surface area is 98.9 Å². The number of rotatable bonds is 2. The maximum atomic E-state index is 13.7. The van der Waals surface area contributed by atoms with Crippen LogP contribution in [0.2, 0.25) is 0 Å². The molecule has 0 amide bonds. The van der Waals surface area contributed by atoms with Crippen molar-refractivity contribution < 1.29 is 4.39 Å². The fraction of sp³-hybridized carbons (Fsp3) is 0.308. The van der Waals surface area contributed by atoms with Crippen LogP contribution in [0.3, 0.4) is 0 Å². The lowest BCUT2D eigenvalue weighted by Crippen LogP contribution is -2.22. The van der Waals surface area contributed by atoms with Gasteiger partial charge in [-0.3, -0.25) is 4.79 Å². The highest BCUT2D eigenvalue weighted by Gasteiger charge is 2.14. The molecule has 0 aliphatic carbocycles. The SMILES string of the molecule is CNC(C)c1cn(C)c(=O)c2c(F)cccc12.